The second-order valence-corrected chi connectivity index (χ2v) is 9.61. The zero-order chi connectivity index (χ0) is 18.0. The molecule has 6 heteroatoms. The minimum absolute atomic E-state index is 0.0406. The molecule has 1 unspecified atom stereocenters. The van der Waals surface area contributed by atoms with E-state index >= 15 is 0 Å². The Kier molecular flexibility index (Phi) is 5.61. The first kappa shape index (κ1) is 18.5. The molecule has 0 N–H and O–H groups in total. The molecular weight excluding hydrogens is 352 g/mol. The standard InChI is InChI=1S/C19H26N2O2S2/c1-13-16(25-18(20-13)19(2,3)4)17(22)21(11-14-7-5-9-23-14)12-15-8-6-10-24-15/h6,8,10,14H,5,7,9,11-12H2,1-4H3. The van der Waals surface area contributed by atoms with Gasteiger partial charge in [-0.2, -0.15) is 0 Å². The number of thiazole rings is 1. The van der Waals surface area contributed by atoms with Gasteiger partial charge in [-0.15, -0.1) is 22.7 Å². The van der Waals surface area contributed by atoms with E-state index in [9.17, 15) is 4.79 Å². The Morgan fingerprint density at radius 2 is 2.24 bits per heavy atom. The Hall–Kier alpha value is -1.24. The van der Waals surface area contributed by atoms with Crippen molar-refractivity contribution < 1.29 is 9.53 Å². The molecule has 0 aromatic carbocycles. The highest BCUT2D eigenvalue weighted by atomic mass is 32.1. The second-order valence-electron chi connectivity index (χ2n) is 7.58. The summed E-state index contributed by atoms with van der Waals surface area (Å²) in [6, 6.07) is 4.12. The fourth-order valence-electron chi connectivity index (χ4n) is 2.90. The molecule has 0 spiro atoms. The lowest BCUT2D eigenvalue weighted by Gasteiger charge is -2.24. The van der Waals surface area contributed by atoms with Gasteiger partial charge in [0.25, 0.3) is 5.91 Å². The molecule has 1 saturated heterocycles. The lowest BCUT2D eigenvalue weighted by molar-refractivity contribution is 0.0512. The predicted molar refractivity (Wildman–Crippen MR) is 104 cm³/mol. The van der Waals surface area contributed by atoms with E-state index in [1.54, 1.807) is 11.3 Å². The summed E-state index contributed by atoms with van der Waals surface area (Å²) in [5.41, 5.74) is 0.796. The summed E-state index contributed by atoms with van der Waals surface area (Å²) in [6.07, 6.45) is 2.27. The van der Waals surface area contributed by atoms with Gasteiger partial charge in [-0.05, 0) is 31.2 Å². The van der Waals surface area contributed by atoms with E-state index in [2.05, 4.69) is 37.2 Å². The average Bonchev–Trinajstić information content (AvgIpc) is 3.26. The normalized spacial score (nSPS) is 17.8. The van der Waals surface area contributed by atoms with Gasteiger partial charge >= 0.3 is 0 Å². The monoisotopic (exact) mass is 378 g/mol. The van der Waals surface area contributed by atoms with Crippen molar-refractivity contribution in [2.45, 2.75) is 58.6 Å². The second kappa shape index (κ2) is 7.56. The van der Waals surface area contributed by atoms with Crippen LogP contribution in [0.5, 0.6) is 0 Å². The maximum Gasteiger partial charge on any atom is 0.266 e. The van der Waals surface area contributed by atoms with Gasteiger partial charge in [-0.1, -0.05) is 26.8 Å². The van der Waals surface area contributed by atoms with E-state index < -0.39 is 0 Å². The molecule has 1 aliphatic rings. The smallest absolute Gasteiger partial charge is 0.266 e. The fraction of sp³-hybridized carbons (Fsp3) is 0.579. The lowest BCUT2D eigenvalue weighted by atomic mass is 9.98. The molecule has 0 radical (unpaired) electrons. The summed E-state index contributed by atoms with van der Waals surface area (Å²) in [5.74, 6) is 0.0781. The minimum atomic E-state index is -0.0406. The SMILES string of the molecule is Cc1nc(C(C)(C)C)sc1C(=O)N(Cc1cccs1)CC1CCCO1. The van der Waals surface area contributed by atoms with E-state index in [4.69, 9.17) is 4.74 Å². The van der Waals surface area contributed by atoms with Crippen molar-refractivity contribution in [1.82, 2.24) is 9.88 Å². The third-order valence-electron chi connectivity index (χ3n) is 4.29. The number of aromatic nitrogens is 1. The summed E-state index contributed by atoms with van der Waals surface area (Å²) >= 11 is 3.22. The number of amides is 1. The van der Waals surface area contributed by atoms with Crippen LogP contribution in [0.2, 0.25) is 0 Å². The molecule has 0 bridgehead atoms. The predicted octanol–water partition coefficient (Wildman–Crippen LogP) is 4.63. The fourth-order valence-corrected chi connectivity index (χ4v) is 4.71. The zero-order valence-corrected chi connectivity index (χ0v) is 17.0. The third kappa shape index (κ3) is 4.49. The Bertz CT molecular complexity index is 710. The van der Waals surface area contributed by atoms with Gasteiger partial charge in [0.05, 0.1) is 23.4 Å². The van der Waals surface area contributed by atoms with Crippen molar-refractivity contribution in [2.75, 3.05) is 13.2 Å². The van der Waals surface area contributed by atoms with Crippen LogP contribution in [0.3, 0.4) is 0 Å². The number of nitrogens with zero attached hydrogens (tertiary/aromatic N) is 2. The van der Waals surface area contributed by atoms with Gasteiger partial charge in [-0.25, -0.2) is 4.98 Å². The van der Waals surface area contributed by atoms with Crippen LogP contribution in [-0.2, 0) is 16.7 Å². The van der Waals surface area contributed by atoms with E-state index in [0.717, 1.165) is 35.0 Å². The molecule has 1 amide bonds. The first-order valence-corrected chi connectivity index (χ1v) is 10.5. The Labute approximate surface area is 157 Å². The van der Waals surface area contributed by atoms with Gasteiger partial charge < -0.3 is 9.64 Å². The van der Waals surface area contributed by atoms with E-state index in [1.807, 2.05) is 17.9 Å². The Morgan fingerprint density at radius 1 is 1.44 bits per heavy atom. The molecule has 0 saturated carbocycles. The number of rotatable bonds is 5. The van der Waals surface area contributed by atoms with Gasteiger partial charge in [0.2, 0.25) is 0 Å². The number of aryl methyl sites for hydroxylation is 1. The number of hydrogen-bond acceptors (Lipinski definition) is 5. The molecule has 2 aromatic rings. The van der Waals surface area contributed by atoms with Gasteiger partial charge in [0, 0.05) is 23.4 Å². The van der Waals surface area contributed by atoms with Crippen LogP contribution in [-0.4, -0.2) is 35.0 Å². The van der Waals surface area contributed by atoms with E-state index in [0.29, 0.717) is 13.1 Å². The average molecular weight is 379 g/mol. The molecule has 1 aliphatic heterocycles. The van der Waals surface area contributed by atoms with Gasteiger partial charge in [0.1, 0.15) is 4.88 Å². The summed E-state index contributed by atoms with van der Waals surface area (Å²) < 4.78 is 5.78. The zero-order valence-electron chi connectivity index (χ0n) is 15.4. The summed E-state index contributed by atoms with van der Waals surface area (Å²) in [7, 11) is 0. The molecule has 0 aliphatic carbocycles. The number of hydrogen-bond donors (Lipinski definition) is 0. The molecule has 2 aromatic heterocycles. The van der Waals surface area contributed by atoms with Crippen molar-refractivity contribution in [3.05, 3.63) is 38.0 Å². The molecular formula is C19H26N2O2S2. The minimum Gasteiger partial charge on any atom is -0.376 e. The summed E-state index contributed by atoms with van der Waals surface area (Å²) in [5, 5.41) is 3.07. The molecule has 3 heterocycles. The van der Waals surface area contributed by atoms with Crippen LogP contribution in [0.15, 0.2) is 17.5 Å². The van der Waals surface area contributed by atoms with Crippen LogP contribution in [0, 0.1) is 6.92 Å². The molecule has 136 valence electrons. The van der Waals surface area contributed by atoms with Gasteiger partial charge in [-0.3, -0.25) is 4.79 Å². The van der Waals surface area contributed by atoms with E-state index in [1.165, 1.54) is 16.2 Å². The first-order chi connectivity index (χ1) is 11.8. The van der Waals surface area contributed by atoms with Crippen LogP contribution in [0.25, 0.3) is 0 Å². The number of thiophene rings is 1. The molecule has 3 rings (SSSR count). The highest BCUT2D eigenvalue weighted by Gasteiger charge is 2.28. The molecule has 25 heavy (non-hydrogen) atoms. The maximum atomic E-state index is 13.3. The number of ether oxygens (including phenoxy) is 1. The molecule has 1 fully saturated rings. The number of carbonyl (C=O) groups excluding carboxylic acids is 1. The van der Waals surface area contributed by atoms with E-state index in [-0.39, 0.29) is 17.4 Å². The Balaban J connectivity index is 1.83. The lowest BCUT2D eigenvalue weighted by Crippen LogP contribution is -2.36. The van der Waals surface area contributed by atoms with Gasteiger partial charge in [0.15, 0.2) is 0 Å². The molecule has 4 nitrogen and oxygen atoms in total. The van der Waals surface area contributed by atoms with Crippen LogP contribution >= 0.6 is 22.7 Å². The van der Waals surface area contributed by atoms with Crippen molar-refractivity contribution in [2.24, 2.45) is 0 Å². The van der Waals surface area contributed by atoms with Crippen LogP contribution in [0.4, 0.5) is 0 Å². The van der Waals surface area contributed by atoms with Crippen LogP contribution < -0.4 is 0 Å². The highest BCUT2D eigenvalue weighted by Crippen LogP contribution is 2.30. The highest BCUT2D eigenvalue weighted by molar-refractivity contribution is 7.14. The van der Waals surface area contributed by atoms with Crippen molar-refractivity contribution in [3.8, 4) is 0 Å². The Morgan fingerprint density at radius 3 is 2.80 bits per heavy atom. The van der Waals surface area contributed by atoms with Crippen LogP contribution in [0.1, 0.15) is 58.9 Å². The van der Waals surface area contributed by atoms with Crippen molar-refractivity contribution in [3.63, 3.8) is 0 Å². The number of carbonyl (C=O) groups is 1. The summed E-state index contributed by atoms with van der Waals surface area (Å²) in [6.45, 7) is 10.4. The summed E-state index contributed by atoms with van der Waals surface area (Å²) in [4.78, 5) is 21.8. The molecule has 1 atom stereocenters. The maximum absolute atomic E-state index is 13.3. The third-order valence-corrected chi connectivity index (χ3v) is 6.73. The quantitative estimate of drug-likeness (QED) is 0.762. The first-order valence-electron chi connectivity index (χ1n) is 8.76. The van der Waals surface area contributed by atoms with Crippen molar-refractivity contribution in [1.29, 1.82) is 0 Å². The largest absolute Gasteiger partial charge is 0.376 e. The van der Waals surface area contributed by atoms with Crippen molar-refractivity contribution >= 4 is 28.6 Å². The topological polar surface area (TPSA) is 42.4 Å².